The van der Waals surface area contributed by atoms with Gasteiger partial charge in [0, 0.05) is 28.7 Å². The summed E-state index contributed by atoms with van der Waals surface area (Å²) in [5.74, 6) is -1.10. The van der Waals surface area contributed by atoms with Crippen molar-refractivity contribution in [3.8, 4) is 0 Å². The Morgan fingerprint density at radius 2 is 2.22 bits per heavy atom. The molecular weight excluding hydrogens is 258 g/mol. The SMILES string of the molecule is CCC(C(=O)O)S(=O)Cc1cccc([N+](=O)[O-])c1. The van der Waals surface area contributed by atoms with E-state index in [1.165, 1.54) is 18.2 Å². The summed E-state index contributed by atoms with van der Waals surface area (Å²) < 4.78 is 11.8. The zero-order chi connectivity index (χ0) is 13.7. The van der Waals surface area contributed by atoms with Gasteiger partial charge in [-0.15, -0.1) is 0 Å². The highest BCUT2D eigenvalue weighted by Gasteiger charge is 2.22. The molecule has 1 rings (SSSR count). The van der Waals surface area contributed by atoms with Crippen LogP contribution in [0.15, 0.2) is 24.3 Å². The van der Waals surface area contributed by atoms with E-state index in [0.29, 0.717) is 5.56 Å². The predicted molar refractivity (Wildman–Crippen MR) is 66.7 cm³/mol. The molecular formula is C11H13NO5S. The van der Waals surface area contributed by atoms with Crippen molar-refractivity contribution < 1.29 is 19.0 Å². The molecule has 0 aromatic heterocycles. The van der Waals surface area contributed by atoms with Gasteiger partial charge in [0.1, 0.15) is 5.25 Å². The van der Waals surface area contributed by atoms with Crippen molar-refractivity contribution in [1.29, 1.82) is 0 Å². The number of carbonyl (C=O) groups is 1. The number of rotatable bonds is 6. The Hall–Kier alpha value is -1.76. The fraction of sp³-hybridized carbons (Fsp3) is 0.364. The number of hydrogen-bond donors (Lipinski definition) is 1. The van der Waals surface area contributed by atoms with Gasteiger partial charge in [-0.1, -0.05) is 19.1 Å². The van der Waals surface area contributed by atoms with Crippen LogP contribution >= 0.6 is 0 Å². The van der Waals surface area contributed by atoms with Gasteiger partial charge in [0.25, 0.3) is 5.69 Å². The summed E-state index contributed by atoms with van der Waals surface area (Å²) in [5, 5.41) is 18.5. The Bertz CT molecular complexity index is 488. The molecule has 1 aromatic rings. The first-order valence-corrected chi connectivity index (χ1v) is 6.67. The highest BCUT2D eigenvalue weighted by atomic mass is 32.2. The van der Waals surface area contributed by atoms with Crippen LogP contribution in [0.4, 0.5) is 5.69 Å². The highest BCUT2D eigenvalue weighted by Crippen LogP contribution is 2.16. The zero-order valence-corrected chi connectivity index (χ0v) is 10.6. The lowest BCUT2D eigenvalue weighted by molar-refractivity contribution is -0.384. The maximum atomic E-state index is 11.8. The molecule has 1 aromatic carbocycles. The molecule has 98 valence electrons. The molecule has 0 aliphatic rings. The van der Waals surface area contributed by atoms with Crippen molar-refractivity contribution >= 4 is 22.5 Å². The van der Waals surface area contributed by atoms with E-state index >= 15 is 0 Å². The molecule has 0 aliphatic heterocycles. The Morgan fingerprint density at radius 3 is 2.72 bits per heavy atom. The minimum atomic E-state index is -1.58. The first-order valence-electron chi connectivity index (χ1n) is 5.29. The minimum Gasteiger partial charge on any atom is -0.480 e. The van der Waals surface area contributed by atoms with Crippen LogP contribution < -0.4 is 0 Å². The van der Waals surface area contributed by atoms with Gasteiger partial charge < -0.3 is 5.11 Å². The summed E-state index contributed by atoms with van der Waals surface area (Å²) in [6.07, 6.45) is 0.261. The van der Waals surface area contributed by atoms with Gasteiger partial charge in [-0.3, -0.25) is 19.1 Å². The normalized spacial score (nSPS) is 13.8. The number of carboxylic acid groups (broad SMARTS) is 1. The average Bonchev–Trinajstić information content (AvgIpc) is 2.29. The van der Waals surface area contributed by atoms with Crippen LogP contribution in [-0.4, -0.2) is 25.5 Å². The number of hydrogen-bond acceptors (Lipinski definition) is 4. The van der Waals surface area contributed by atoms with E-state index in [4.69, 9.17) is 5.11 Å². The largest absolute Gasteiger partial charge is 0.480 e. The Kier molecular flexibility index (Phi) is 4.96. The van der Waals surface area contributed by atoms with Crippen LogP contribution in [0.25, 0.3) is 0 Å². The molecule has 2 unspecified atom stereocenters. The number of non-ortho nitro benzene ring substituents is 1. The molecule has 1 N–H and O–H groups in total. The van der Waals surface area contributed by atoms with Crippen molar-refractivity contribution in [1.82, 2.24) is 0 Å². The minimum absolute atomic E-state index is 0.00644. The van der Waals surface area contributed by atoms with E-state index in [1.807, 2.05) is 0 Å². The smallest absolute Gasteiger partial charge is 0.319 e. The molecule has 7 heteroatoms. The molecule has 0 aliphatic carbocycles. The molecule has 0 radical (unpaired) electrons. The van der Waals surface area contributed by atoms with E-state index < -0.39 is 26.9 Å². The molecule has 0 heterocycles. The molecule has 0 saturated carbocycles. The maximum absolute atomic E-state index is 11.8. The van der Waals surface area contributed by atoms with E-state index in [9.17, 15) is 19.1 Å². The third kappa shape index (κ3) is 3.63. The van der Waals surface area contributed by atoms with Crippen molar-refractivity contribution in [3.63, 3.8) is 0 Å². The number of aliphatic carboxylic acids is 1. The lowest BCUT2D eigenvalue weighted by Crippen LogP contribution is -2.25. The van der Waals surface area contributed by atoms with Crippen LogP contribution in [0.1, 0.15) is 18.9 Å². The Morgan fingerprint density at radius 1 is 1.56 bits per heavy atom. The van der Waals surface area contributed by atoms with Gasteiger partial charge in [-0.25, -0.2) is 0 Å². The van der Waals surface area contributed by atoms with E-state index in [0.717, 1.165) is 0 Å². The average molecular weight is 271 g/mol. The van der Waals surface area contributed by atoms with Crippen molar-refractivity contribution in [3.05, 3.63) is 39.9 Å². The zero-order valence-electron chi connectivity index (χ0n) is 9.74. The Labute approximate surface area is 106 Å². The van der Waals surface area contributed by atoms with Gasteiger partial charge in [0.2, 0.25) is 0 Å². The van der Waals surface area contributed by atoms with Gasteiger partial charge in [0.15, 0.2) is 0 Å². The summed E-state index contributed by atoms with van der Waals surface area (Å²) in [6, 6.07) is 5.74. The summed E-state index contributed by atoms with van der Waals surface area (Å²) in [6.45, 7) is 1.64. The lowest BCUT2D eigenvalue weighted by atomic mass is 10.2. The van der Waals surface area contributed by atoms with Crippen LogP contribution in [-0.2, 0) is 21.3 Å². The first kappa shape index (κ1) is 14.3. The molecule has 6 nitrogen and oxygen atoms in total. The van der Waals surface area contributed by atoms with Crippen LogP contribution in [0.3, 0.4) is 0 Å². The quantitative estimate of drug-likeness (QED) is 0.627. The van der Waals surface area contributed by atoms with Gasteiger partial charge in [-0.2, -0.15) is 0 Å². The topological polar surface area (TPSA) is 97.5 Å². The molecule has 18 heavy (non-hydrogen) atoms. The van der Waals surface area contributed by atoms with Crippen LogP contribution in [0, 0.1) is 10.1 Å². The second-order valence-electron chi connectivity index (χ2n) is 3.69. The number of nitro benzene ring substituents is 1. The summed E-state index contributed by atoms with van der Waals surface area (Å²) in [7, 11) is -1.58. The number of nitro groups is 1. The van der Waals surface area contributed by atoms with E-state index in [-0.39, 0.29) is 17.9 Å². The molecule has 0 spiro atoms. The van der Waals surface area contributed by atoms with Crippen molar-refractivity contribution in [2.24, 2.45) is 0 Å². The number of carboxylic acids is 1. The van der Waals surface area contributed by atoms with E-state index in [1.54, 1.807) is 13.0 Å². The molecule has 0 saturated heterocycles. The number of benzene rings is 1. The third-order valence-corrected chi connectivity index (χ3v) is 4.18. The standard InChI is InChI=1S/C11H13NO5S/c1-2-10(11(13)14)18(17)7-8-4-3-5-9(6-8)12(15)16/h3-6,10H,2,7H2,1H3,(H,13,14). The summed E-state index contributed by atoms with van der Waals surface area (Å²) in [5.41, 5.74) is 0.412. The van der Waals surface area contributed by atoms with E-state index in [2.05, 4.69) is 0 Å². The van der Waals surface area contributed by atoms with Gasteiger partial charge in [0.05, 0.1) is 4.92 Å². The molecule has 2 atom stereocenters. The monoisotopic (exact) mass is 271 g/mol. The molecule has 0 bridgehead atoms. The first-order chi connectivity index (χ1) is 8.45. The fourth-order valence-electron chi connectivity index (χ4n) is 1.50. The lowest BCUT2D eigenvalue weighted by Gasteiger charge is -2.09. The number of nitrogens with zero attached hydrogens (tertiary/aromatic N) is 1. The second-order valence-corrected chi connectivity index (χ2v) is 5.31. The maximum Gasteiger partial charge on any atom is 0.319 e. The molecule has 0 amide bonds. The van der Waals surface area contributed by atoms with Crippen molar-refractivity contribution in [2.45, 2.75) is 24.3 Å². The van der Waals surface area contributed by atoms with Gasteiger partial charge in [-0.05, 0) is 12.0 Å². The predicted octanol–water partition coefficient (Wildman–Crippen LogP) is 1.71. The Balaban J connectivity index is 2.84. The third-order valence-electron chi connectivity index (χ3n) is 2.39. The van der Waals surface area contributed by atoms with Crippen LogP contribution in [0.2, 0.25) is 0 Å². The van der Waals surface area contributed by atoms with Crippen LogP contribution in [0.5, 0.6) is 0 Å². The fourth-order valence-corrected chi connectivity index (χ4v) is 2.80. The van der Waals surface area contributed by atoms with Gasteiger partial charge >= 0.3 is 5.97 Å². The molecule has 0 fully saturated rings. The van der Waals surface area contributed by atoms with Crippen molar-refractivity contribution in [2.75, 3.05) is 0 Å². The summed E-state index contributed by atoms with van der Waals surface area (Å²) >= 11 is 0. The summed E-state index contributed by atoms with van der Waals surface area (Å²) in [4.78, 5) is 20.9. The highest BCUT2D eigenvalue weighted by molar-refractivity contribution is 7.85. The second kappa shape index (κ2) is 6.25.